The quantitative estimate of drug-likeness (QED) is 0.536. The largest absolute Gasteiger partial charge is 0.149 e. The fourth-order valence-corrected chi connectivity index (χ4v) is 3.64. The van der Waals surface area contributed by atoms with Gasteiger partial charge in [0, 0.05) is 16.3 Å². The summed E-state index contributed by atoms with van der Waals surface area (Å²) in [5.41, 5.74) is 6.97. The molecule has 0 saturated carbocycles. The Hall–Kier alpha value is -1.84. The summed E-state index contributed by atoms with van der Waals surface area (Å²) in [6.07, 6.45) is 0. The highest BCUT2D eigenvalue weighted by Gasteiger charge is 2.08. The number of hydrogen-bond donors (Lipinski definition) is 0. The molecule has 0 N–H and O–H groups in total. The van der Waals surface area contributed by atoms with E-state index in [1.165, 1.54) is 16.7 Å². The van der Waals surface area contributed by atoms with Crippen molar-refractivity contribution >= 4 is 23.4 Å². The second-order valence-corrected chi connectivity index (χ2v) is 7.29. The first-order valence-corrected chi connectivity index (χ1v) is 9.19. The van der Waals surface area contributed by atoms with E-state index in [-0.39, 0.29) is 0 Å². The molecule has 0 spiro atoms. The third-order valence-electron chi connectivity index (χ3n) is 4.09. The molecular formula is C20H19ClN2S. The summed E-state index contributed by atoms with van der Waals surface area (Å²) in [5, 5.41) is 10.5. The van der Waals surface area contributed by atoms with Gasteiger partial charge in [-0.05, 0) is 67.3 Å². The smallest absolute Gasteiger partial charge is 0.119 e. The minimum atomic E-state index is 0.788. The summed E-state index contributed by atoms with van der Waals surface area (Å²) in [7, 11) is 0. The molecule has 1 aromatic heterocycles. The van der Waals surface area contributed by atoms with Crippen molar-refractivity contribution in [1.29, 1.82) is 0 Å². The number of aryl methyl sites for hydroxylation is 3. The first-order valence-electron chi connectivity index (χ1n) is 7.83. The minimum Gasteiger partial charge on any atom is -0.149 e. The highest BCUT2D eigenvalue weighted by Crippen LogP contribution is 2.28. The van der Waals surface area contributed by atoms with Gasteiger partial charge in [-0.3, -0.25) is 0 Å². The number of halogens is 1. The lowest BCUT2D eigenvalue weighted by atomic mass is 9.99. The van der Waals surface area contributed by atoms with Gasteiger partial charge in [-0.2, -0.15) is 0 Å². The van der Waals surface area contributed by atoms with Gasteiger partial charge in [0.15, 0.2) is 0 Å². The molecule has 3 aromatic rings. The van der Waals surface area contributed by atoms with E-state index in [2.05, 4.69) is 43.1 Å². The molecular weight excluding hydrogens is 336 g/mol. The Morgan fingerprint density at radius 2 is 1.62 bits per heavy atom. The van der Waals surface area contributed by atoms with Gasteiger partial charge in [-0.15, -0.1) is 10.2 Å². The Balaban J connectivity index is 1.76. The molecule has 0 unspecified atom stereocenters. The molecule has 2 aromatic carbocycles. The predicted octanol–water partition coefficient (Wildman–Crippen LogP) is 6.01. The van der Waals surface area contributed by atoms with Crippen molar-refractivity contribution in [3.8, 4) is 11.3 Å². The lowest BCUT2D eigenvalue weighted by Crippen LogP contribution is -1.94. The minimum absolute atomic E-state index is 0.788. The van der Waals surface area contributed by atoms with Crippen LogP contribution in [0.5, 0.6) is 0 Å². The Kier molecular flexibility index (Phi) is 5.22. The molecule has 0 fully saturated rings. The monoisotopic (exact) mass is 354 g/mol. The van der Waals surface area contributed by atoms with Gasteiger partial charge < -0.3 is 0 Å². The summed E-state index contributed by atoms with van der Waals surface area (Å²) < 4.78 is 0. The molecule has 2 nitrogen and oxygen atoms in total. The van der Waals surface area contributed by atoms with Gasteiger partial charge in [-0.1, -0.05) is 47.6 Å². The van der Waals surface area contributed by atoms with Crippen molar-refractivity contribution in [3.63, 3.8) is 0 Å². The maximum absolute atomic E-state index is 6.19. The molecule has 0 amide bonds. The fraction of sp³-hybridized carbons (Fsp3) is 0.200. The van der Waals surface area contributed by atoms with Crippen LogP contribution in [0.2, 0.25) is 5.02 Å². The van der Waals surface area contributed by atoms with Crippen LogP contribution in [-0.2, 0) is 5.75 Å². The van der Waals surface area contributed by atoms with E-state index in [1.54, 1.807) is 11.8 Å². The van der Waals surface area contributed by atoms with Crippen molar-refractivity contribution in [2.24, 2.45) is 0 Å². The van der Waals surface area contributed by atoms with Crippen LogP contribution in [0.4, 0.5) is 0 Å². The van der Waals surface area contributed by atoms with Gasteiger partial charge in [0.1, 0.15) is 5.03 Å². The van der Waals surface area contributed by atoms with E-state index in [0.29, 0.717) is 0 Å². The zero-order valence-electron chi connectivity index (χ0n) is 14.0. The molecule has 0 bridgehead atoms. The Bertz CT molecular complexity index is 860. The van der Waals surface area contributed by atoms with Crippen LogP contribution in [-0.4, -0.2) is 10.2 Å². The Morgan fingerprint density at radius 1 is 0.875 bits per heavy atom. The Labute approximate surface area is 152 Å². The van der Waals surface area contributed by atoms with Gasteiger partial charge in [0.25, 0.3) is 0 Å². The molecule has 1 heterocycles. The lowest BCUT2D eigenvalue weighted by Gasteiger charge is -2.09. The molecule has 24 heavy (non-hydrogen) atoms. The summed E-state index contributed by atoms with van der Waals surface area (Å²) >= 11 is 7.83. The molecule has 4 heteroatoms. The van der Waals surface area contributed by atoms with Crippen LogP contribution in [0, 0.1) is 20.8 Å². The first kappa shape index (κ1) is 17.0. The van der Waals surface area contributed by atoms with Crippen molar-refractivity contribution in [3.05, 3.63) is 75.8 Å². The van der Waals surface area contributed by atoms with E-state index in [4.69, 9.17) is 11.6 Å². The van der Waals surface area contributed by atoms with Gasteiger partial charge in [-0.25, -0.2) is 0 Å². The standard InChI is InChI=1S/C20H19ClN2S/c1-13-10-15(3)17(11-14(13)2)19-8-9-20(23-22-19)24-12-16-6-4-5-7-18(16)21/h4-11H,12H2,1-3H3. The predicted molar refractivity (Wildman–Crippen MR) is 103 cm³/mol. The summed E-state index contributed by atoms with van der Waals surface area (Å²) in [6.45, 7) is 6.37. The maximum atomic E-state index is 6.19. The van der Waals surface area contributed by atoms with E-state index >= 15 is 0 Å². The van der Waals surface area contributed by atoms with Crippen LogP contribution < -0.4 is 0 Å². The molecule has 0 aliphatic rings. The van der Waals surface area contributed by atoms with Gasteiger partial charge in [0.05, 0.1) is 5.69 Å². The third kappa shape index (κ3) is 3.80. The number of aromatic nitrogens is 2. The second kappa shape index (κ2) is 7.37. The van der Waals surface area contributed by atoms with Crippen molar-refractivity contribution in [2.45, 2.75) is 31.6 Å². The molecule has 0 saturated heterocycles. The van der Waals surface area contributed by atoms with E-state index in [1.807, 2.05) is 36.4 Å². The van der Waals surface area contributed by atoms with Crippen LogP contribution >= 0.6 is 23.4 Å². The molecule has 0 aliphatic heterocycles. The normalized spacial score (nSPS) is 10.8. The lowest BCUT2D eigenvalue weighted by molar-refractivity contribution is 0.934. The Morgan fingerprint density at radius 3 is 2.33 bits per heavy atom. The number of hydrogen-bond acceptors (Lipinski definition) is 3. The average Bonchev–Trinajstić information content (AvgIpc) is 2.58. The zero-order chi connectivity index (χ0) is 17.1. The fourth-order valence-electron chi connectivity index (χ4n) is 2.54. The summed E-state index contributed by atoms with van der Waals surface area (Å²) in [5.74, 6) is 0.788. The number of nitrogens with zero attached hydrogens (tertiary/aromatic N) is 2. The SMILES string of the molecule is Cc1cc(C)c(-c2ccc(SCc3ccccc3Cl)nn2)cc1C. The summed E-state index contributed by atoms with van der Waals surface area (Å²) in [4.78, 5) is 0. The van der Waals surface area contributed by atoms with Crippen molar-refractivity contribution in [2.75, 3.05) is 0 Å². The van der Waals surface area contributed by atoms with Gasteiger partial charge >= 0.3 is 0 Å². The molecule has 3 rings (SSSR count). The highest BCUT2D eigenvalue weighted by atomic mass is 35.5. The van der Waals surface area contributed by atoms with Crippen molar-refractivity contribution in [1.82, 2.24) is 10.2 Å². The maximum Gasteiger partial charge on any atom is 0.119 e. The van der Waals surface area contributed by atoms with Gasteiger partial charge in [0.2, 0.25) is 0 Å². The van der Waals surface area contributed by atoms with Crippen molar-refractivity contribution < 1.29 is 0 Å². The van der Waals surface area contributed by atoms with Crippen LogP contribution in [0.1, 0.15) is 22.3 Å². The number of benzene rings is 2. The number of rotatable bonds is 4. The first-order chi connectivity index (χ1) is 11.5. The molecule has 0 atom stereocenters. The van der Waals surface area contributed by atoms with Crippen LogP contribution in [0.15, 0.2) is 53.6 Å². The molecule has 0 aliphatic carbocycles. The summed E-state index contributed by atoms with van der Waals surface area (Å²) in [6, 6.07) is 16.3. The average molecular weight is 355 g/mol. The zero-order valence-corrected chi connectivity index (χ0v) is 15.6. The van der Waals surface area contributed by atoms with E-state index < -0.39 is 0 Å². The second-order valence-electron chi connectivity index (χ2n) is 5.89. The molecule has 0 radical (unpaired) electrons. The number of thioether (sulfide) groups is 1. The van der Waals surface area contributed by atoms with E-state index in [0.717, 1.165) is 32.6 Å². The highest BCUT2D eigenvalue weighted by molar-refractivity contribution is 7.98. The molecule has 122 valence electrons. The van der Waals surface area contributed by atoms with E-state index in [9.17, 15) is 0 Å². The van der Waals surface area contributed by atoms with Crippen LogP contribution in [0.25, 0.3) is 11.3 Å². The van der Waals surface area contributed by atoms with Crippen LogP contribution in [0.3, 0.4) is 0 Å². The third-order valence-corrected chi connectivity index (χ3v) is 5.43. The topological polar surface area (TPSA) is 25.8 Å².